The van der Waals surface area contributed by atoms with Crippen molar-refractivity contribution in [3.8, 4) is 0 Å². The van der Waals surface area contributed by atoms with Crippen molar-refractivity contribution in [1.82, 2.24) is 0 Å². The molecule has 2 rings (SSSR count). The molecule has 5 heteroatoms. The number of carboxylic acid groups (broad SMARTS) is 1. The Morgan fingerprint density at radius 1 is 1.11 bits per heavy atom. The third-order valence-electron chi connectivity index (χ3n) is 3.81. The van der Waals surface area contributed by atoms with Crippen molar-refractivity contribution >= 4 is 15.8 Å². The molecule has 1 aromatic carbocycles. The molecule has 1 aliphatic rings. The summed E-state index contributed by atoms with van der Waals surface area (Å²) in [4.78, 5) is 11.2. The average molecular weight is 282 g/mol. The molecule has 1 aliphatic carbocycles. The molecule has 19 heavy (non-hydrogen) atoms. The number of carbonyl (C=O) groups is 1. The van der Waals surface area contributed by atoms with E-state index in [0.717, 1.165) is 5.56 Å². The van der Waals surface area contributed by atoms with E-state index in [1.54, 1.807) is 24.3 Å². The summed E-state index contributed by atoms with van der Waals surface area (Å²) < 4.78 is 24.9. The molecule has 0 heterocycles. The van der Waals surface area contributed by atoms with Gasteiger partial charge in [-0.05, 0) is 44.7 Å². The van der Waals surface area contributed by atoms with Crippen LogP contribution in [0.15, 0.2) is 29.2 Å². The molecule has 0 radical (unpaired) electrons. The van der Waals surface area contributed by atoms with Crippen LogP contribution < -0.4 is 0 Å². The lowest BCUT2D eigenvalue weighted by atomic mass is 9.89. The van der Waals surface area contributed by atoms with E-state index in [1.807, 2.05) is 6.92 Å². The fourth-order valence-corrected chi connectivity index (χ4v) is 4.33. The van der Waals surface area contributed by atoms with Crippen molar-refractivity contribution in [1.29, 1.82) is 0 Å². The molecular formula is C14H18O4S. The van der Waals surface area contributed by atoms with Crippen molar-refractivity contribution in [2.45, 2.75) is 42.8 Å². The maximum atomic E-state index is 12.4. The second kappa shape index (κ2) is 5.33. The highest BCUT2D eigenvalue weighted by molar-refractivity contribution is 7.92. The predicted octanol–water partition coefficient (Wildman–Crippen LogP) is 2.41. The molecule has 0 unspecified atom stereocenters. The summed E-state index contributed by atoms with van der Waals surface area (Å²) in [6.07, 6.45) is 1.77. The Morgan fingerprint density at radius 2 is 1.63 bits per heavy atom. The molecule has 0 bridgehead atoms. The van der Waals surface area contributed by atoms with E-state index in [4.69, 9.17) is 5.11 Å². The number of benzene rings is 1. The first-order chi connectivity index (χ1) is 8.91. The van der Waals surface area contributed by atoms with Crippen LogP contribution in [0, 0.1) is 12.8 Å². The molecule has 1 saturated carbocycles. The van der Waals surface area contributed by atoms with Crippen molar-refractivity contribution in [2.24, 2.45) is 5.92 Å². The molecule has 0 spiro atoms. The van der Waals surface area contributed by atoms with Crippen LogP contribution in [0.5, 0.6) is 0 Å². The number of sulfone groups is 1. The molecule has 104 valence electrons. The first-order valence-corrected chi connectivity index (χ1v) is 7.99. The van der Waals surface area contributed by atoms with Gasteiger partial charge in [0.1, 0.15) is 0 Å². The third-order valence-corrected chi connectivity index (χ3v) is 6.09. The molecule has 1 aromatic rings. The summed E-state index contributed by atoms with van der Waals surface area (Å²) in [5.74, 6) is -1.20. The smallest absolute Gasteiger partial charge is 0.306 e. The molecule has 0 atom stereocenters. The van der Waals surface area contributed by atoms with Crippen molar-refractivity contribution in [3.05, 3.63) is 29.8 Å². The lowest BCUT2D eigenvalue weighted by molar-refractivity contribution is -0.142. The van der Waals surface area contributed by atoms with Gasteiger partial charge in [0.15, 0.2) is 9.84 Å². The molecule has 1 fully saturated rings. The van der Waals surface area contributed by atoms with Gasteiger partial charge in [-0.25, -0.2) is 8.42 Å². The Morgan fingerprint density at radius 3 is 2.11 bits per heavy atom. The van der Waals surface area contributed by atoms with Gasteiger partial charge in [-0.15, -0.1) is 0 Å². The van der Waals surface area contributed by atoms with Gasteiger partial charge >= 0.3 is 5.97 Å². The van der Waals surface area contributed by atoms with Gasteiger partial charge in [0.05, 0.1) is 16.1 Å². The maximum absolute atomic E-state index is 12.4. The van der Waals surface area contributed by atoms with E-state index in [2.05, 4.69) is 0 Å². The van der Waals surface area contributed by atoms with Crippen LogP contribution in [-0.4, -0.2) is 24.7 Å². The van der Waals surface area contributed by atoms with Crippen LogP contribution in [0.4, 0.5) is 0 Å². The summed E-state index contributed by atoms with van der Waals surface area (Å²) in [7, 11) is -3.32. The highest BCUT2D eigenvalue weighted by Crippen LogP contribution is 2.32. The number of rotatable bonds is 3. The van der Waals surface area contributed by atoms with Gasteiger partial charge in [-0.2, -0.15) is 0 Å². The van der Waals surface area contributed by atoms with Crippen molar-refractivity contribution in [2.75, 3.05) is 0 Å². The van der Waals surface area contributed by atoms with Gasteiger partial charge in [-0.3, -0.25) is 4.79 Å². The summed E-state index contributed by atoms with van der Waals surface area (Å²) in [5.41, 5.74) is 1.02. The van der Waals surface area contributed by atoms with Gasteiger partial charge in [0.25, 0.3) is 0 Å². The number of hydrogen-bond acceptors (Lipinski definition) is 3. The van der Waals surface area contributed by atoms with E-state index in [1.165, 1.54) is 0 Å². The summed E-state index contributed by atoms with van der Waals surface area (Å²) in [5, 5.41) is 8.49. The normalized spacial score (nSPS) is 24.1. The first kappa shape index (κ1) is 14.1. The second-order valence-electron chi connectivity index (χ2n) is 5.17. The van der Waals surface area contributed by atoms with Gasteiger partial charge in [0.2, 0.25) is 0 Å². The van der Waals surface area contributed by atoms with Gasteiger partial charge < -0.3 is 5.11 Å². The maximum Gasteiger partial charge on any atom is 0.306 e. The number of aliphatic carboxylic acids is 1. The van der Waals surface area contributed by atoms with Crippen LogP contribution >= 0.6 is 0 Å². The number of carboxylic acids is 1. The molecular weight excluding hydrogens is 264 g/mol. The summed E-state index contributed by atoms with van der Waals surface area (Å²) in [6, 6.07) is 6.84. The van der Waals surface area contributed by atoms with Gasteiger partial charge in [0, 0.05) is 0 Å². The van der Waals surface area contributed by atoms with E-state index in [-0.39, 0.29) is 5.92 Å². The topological polar surface area (TPSA) is 71.4 Å². The second-order valence-corrected chi connectivity index (χ2v) is 7.40. The Kier molecular flexibility index (Phi) is 3.94. The SMILES string of the molecule is Cc1ccc(S(=O)(=O)C2CCC(C(=O)O)CC2)cc1. The van der Waals surface area contributed by atoms with E-state index in [9.17, 15) is 13.2 Å². The average Bonchev–Trinajstić information content (AvgIpc) is 2.39. The van der Waals surface area contributed by atoms with Crippen LogP contribution in [0.25, 0.3) is 0 Å². The third kappa shape index (κ3) is 2.97. The molecule has 1 N–H and O–H groups in total. The van der Waals surface area contributed by atoms with Crippen LogP contribution in [0.2, 0.25) is 0 Å². The molecule has 4 nitrogen and oxygen atoms in total. The van der Waals surface area contributed by atoms with Crippen LogP contribution in [-0.2, 0) is 14.6 Å². The van der Waals surface area contributed by atoms with E-state index >= 15 is 0 Å². The minimum absolute atomic E-state index is 0.344. The van der Waals surface area contributed by atoms with E-state index < -0.39 is 21.1 Å². The lowest BCUT2D eigenvalue weighted by Gasteiger charge is -2.25. The summed E-state index contributed by atoms with van der Waals surface area (Å²) >= 11 is 0. The quantitative estimate of drug-likeness (QED) is 0.924. The van der Waals surface area contributed by atoms with Crippen molar-refractivity contribution < 1.29 is 18.3 Å². The van der Waals surface area contributed by atoms with Crippen LogP contribution in [0.1, 0.15) is 31.2 Å². The zero-order valence-electron chi connectivity index (χ0n) is 10.9. The van der Waals surface area contributed by atoms with Crippen LogP contribution in [0.3, 0.4) is 0 Å². The monoisotopic (exact) mass is 282 g/mol. The van der Waals surface area contributed by atoms with E-state index in [0.29, 0.717) is 30.6 Å². The fraction of sp³-hybridized carbons (Fsp3) is 0.500. The zero-order chi connectivity index (χ0) is 14.0. The number of aryl methyl sites for hydroxylation is 1. The molecule has 0 aliphatic heterocycles. The molecule has 0 aromatic heterocycles. The lowest BCUT2D eigenvalue weighted by Crippen LogP contribution is -2.30. The Labute approximate surface area is 113 Å². The largest absolute Gasteiger partial charge is 0.481 e. The minimum atomic E-state index is -3.32. The number of hydrogen-bond donors (Lipinski definition) is 1. The molecule has 0 amide bonds. The van der Waals surface area contributed by atoms with Crippen molar-refractivity contribution in [3.63, 3.8) is 0 Å². The predicted molar refractivity (Wildman–Crippen MR) is 71.7 cm³/mol. The highest BCUT2D eigenvalue weighted by atomic mass is 32.2. The first-order valence-electron chi connectivity index (χ1n) is 6.44. The fourth-order valence-electron chi connectivity index (χ4n) is 2.54. The zero-order valence-corrected chi connectivity index (χ0v) is 11.7. The van der Waals surface area contributed by atoms with Gasteiger partial charge in [-0.1, -0.05) is 17.7 Å². The Balaban J connectivity index is 2.14. The Bertz CT molecular complexity index is 552. The summed E-state index contributed by atoms with van der Waals surface area (Å²) in [6.45, 7) is 1.91. The highest BCUT2D eigenvalue weighted by Gasteiger charge is 2.34. The standard InChI is InChI=1S/C14H18O4S/c1-10-2-6-12(7-3-10)19(17,18)13-8-4-11(5-9-13)14(15)16/h2-3,6-7,11,13H,4-5,8-9H2,1H3,(H,15,16). The molecule has 0 saturated heterocycles. The Hall–Kier alpha value is -1.36. The minimum Gasteiger partial charge on any atom is -0.481 e.